The molecule has 0 bridgehead atoms. The number of nitrogens with zero attached hydrogens (tertiary/aromatic N) is 2. The fourth-order valence-electron chi connectivity index (χ4n) is 3.45. The molecule has 1 aromatic heterocycles. The minimum Gasteiger partial charge on any atom is -0.486 e. The summed E-state index contributed by atoms with van der Waals surface area (Å²) in [5.74, 6) is 0.856. The van der Waals surface area contributed by atoms with Gasteiger partial charge in [-0.2, -0.15) is 0 Å². The number of nitrogens with one attached hydrogen (secondary N) is 1. The molecule has 3 heterocycles. The summed E-state index contributed by atoms with van der Waals surface area (Å²) in [7, 11) is 0. The predicted octanol–water partition coefficient (Wildman–Crippen LogP) is 3.12. The first-order valence-electron chi connectivity index (χ1n) is 9.67. The van der Waals surface area contributed by atoms with Crippen molar-refractivity contribution >= 4 is 17.5 Å². The monoisotopic (exact) mass is 381 g/mol. The third-order valence-electron chi connectivity index (χ3n) is 4.93. The van der Waals surface area contributed by atoms with Gasteiger partial charge in [0.2, 0.25) is 0 Å². The molecular weight excluding hydrogens is 358 g/mol. The van der Waals surface area contributed by atoms with Crippen LogP contribution in [0.25, 0.3) is 0 Å². The first-order chi connectivity index (χ1) is 13.7. The minimum absolute atomic E-state index is 0.115. The van der Waals surface area contributed by atoms with Gasteiger partial charge in [-0.15, -0.1) is 0 Å². The summed E-state index contributed by atoms with van der Waals surface area (Å²) in [6.45, 7) is 2.49. The molecule has 0 radical (unpaired) electrons. The maximum atomic E-state index is 12.7. The number of likely N-dealkylation sites (tertiary alicyclic amines) is 1. The van der Waals surface area contributed by atoms with E-state index in [2.05, 4.69) is 10.3 Å². The third kappa shape index (κ3) is 4.08. The fourth-order valence-corrected chi connectivity index (χ4v) is 3.45. The standard InChI is InChI=1S/C21H23N3O4/c25-20(23-16-5-6-18-19(14-16)28-12-11-27-18)15-7-8-22-17(13-15)21(26)24-9-3-1-2-4-10-24/h5-8,13-14H,1-4,9-12H2,(H,23,25). The summed E-state index contributed by atoms with van der Waals surface area (Å²) < 4.78 is 11.0. The highest BCUT2D eigenvalue weighted by atomic mass is 16.6. The van der Waals surface area contributed by atoms with Crippen molar-refractivity contribution in [3.63, 3.8) is 0 Å². The van der Waals surface area contributed by atoms with Crippen molar-refractivity contribution in [1.82, 2.24) is 9.88 Å². The molecule has 1 saturated heterocycles. The van der Waals surface area contributed by atoms with E-state index in [-0.39, 0.29) is 11.8 Å². The number of aromatic nitrogens is 1. The highest BCUT2D eigenvalue weighted by molar-refractivity contribution is 6.05. The number of amides is 2. The van der Waals surface area contributed by atoms with Gasteiger partial charge in [-0.3, -0.25) is 14.6 Å². The van der Waals surface area contributed by atoms with Gasteiger partial charge in [0, 0.05) is 36.6 Å². The van der Waals surface area contributed by atoms with Crippen LogP contribution in [0.15, 0.2) is 36.5 Å². The molecular formula is C21H23N3O4. The molecule has 7 heteroatoms. The summed E-state index contributed by atoms with van der Waals surface area (Å²) in [5.41, 5.74) is 1.30. The third-order valence-corrected chi connectivity index (χ3v) is 4.93. The van der Waals surface area contributed by atoms with Gasteiger partial charge in [-0.05, 0) is 37.1 Å². The molecule has 0 saturated carbocycles. The van der Waals surface area contributed by atoms with Crippen molar-refractivity contribution in [3.8, 4) is 11.5 Å². The summed E-state index contributed by atoms with van der Waals surface area (Å²) in [5, 5.41) is 2.84. The largest absolute Gasteiger partial charge is 0.486 e. The first kappa shape index (κ1) is 18.3. The van der Waals surface area contributed by atoms with Crippen molar-refractivity contribution in [2.45, 2.75) is 25.7 Å². The number of anilines is 1. The van der Waals surface area contributed by atoms with Crippen molar-refractivity contribution in [2.75, 3.05) is 31.6 Å². The molecule has 28 heavy (non-hydrogen) atoms. The Morgan fingerprint density at radius 3 is 2.46 bits per heavy atom. The number of carbonyl (C=O) groups is 2. The zero-order chi connectivity index (χ0) is 19.3. The van der Waals surface area contributed by atoms with Crippen LogP contribution in [0.3, 0.4) is 0 Å². The topological polar surface area (TPSA) is 80.8 Å². The maximum absolute atomic E-state index is 12.7. The number of carbonyl (C=O) groups excluding carboxylic acids is 2. The zero-order valence-corrected chi connectivity index (χ0v) is 15.6. The molecule has 0 unspecified atom stereocenters. The molecule has 2 aromatic rings. The van der Waals surface area contributed by atoms with Crippen LogP contribution in [0.2, 0.25) is 0 Å². The second-order valence-corrected chi connectivity index (χ2v) is 6.95. The summed E-state index contributed by atoms with van der Waals surface area (Å²) in [4.78, 5) is 31.4. The van der Waals surface area contributed by atoms with E-state index in [1.165, 1.54) is 6.20 Å². The van der Waals surface area contributed by atoms with Gasteiger partial charge >= 0.3 is 0 Å². The average Bonchev–Trinajstić information content (AvgIpc) is 3.03. The zero-order valence-electron chi connectivity index (χ0n) is 15.6. The predicted molar refractivity (Wildman–Crippen MR) is 104 cm³/mol. The van der Waals surface area contributed by atoms with Crippen LogP contribution in [0.1, 0.15) is 46.5 Å². The lowest BCUT2D eigenvalue weighted by atomic mass is 10.2. The van der Waals surface area contributed by atoms with E-state index in [0.29, 0.717) is 41.7 Å². The van der Waals surface area contributed by atoms with Crippen LogP contribution >= 0.6 is 0 Å². The van der Waals surface area contributed by atoms with Crippen LogP contribution in [0.5, 0.6) is 11.5 Å². The Morgan fingerprint density at radius 2 is 1.68 bits per heavy atom. The second-order valence-electron chi connectivity index (χ2n) is 6.95. The number of rotatable bonds is 3. The van der Waals surface area contributed by atoms with E-state index in [1.54, 1.807) is 30.3 Å². The van der Waals surface area contributed by atoms with Gasteiger partial charge < -0.3 is 19.7 Å². The van der Waals surface area contributed by atoms with Gasteiger partial charge in [0.15, 0.2) is 11.5 Å². The van der Waals surface area contributed by atoms with Gasteiger partial charge in [-0.25, -0.2) is 0 Å². The van der Waals surface area contributed by atoms with E-state index in [1.807, 2.05) is 4.90 Å². The van der Waals surface area contributed by atoms with Crippen LogP contribution in [0.4, 0.5) is 5.69 Å². The van der Waals surface area contributed by atoms with E-state index in [0.717, 1.165) is 38.8 Å². The van der Waals surface area contributed by atoms with Crippen LogP contribution in [-0.4, -0.2) is 48.0 Å². The molecule has 7 nitrogen and oxygen atoms in total. The number of pyridine rings is 1. The van der Waals surface area contributed by atoms with E-state index in [9.17, 15) is 9.59 Å². The summed E-state index contributed by atoms with van der Waals surface area (Å²) in [6.07, 6.45) is 5.82. The molecule has 1 fully saturated rings. The minimum atomic E-state index is -0.302. The highest BCUT2D eigenvalue weighted by Crippen LogP contribution is 2.32. The van der Waals surface area contributed by atoms with Gasteiger partial charge in [0.05, 0.1) is 0 Å². The average molecular weight is 381 g/mol. The second kappa shape index (κ2) is 8.29. The molecule has 0 atom stereocenters. The van der Waals surface area contributed by atoms with Crippen molar-refractivity contribution in [1.29, 1.82) is 0 Å². The van der Waals surface area contributed by atoms with Crippen molar-refractivity contribution in [3.05, 3.63) is 47.8 Å². The van der Waals surface area contributed by atoms with E-state index < -0.39 is 0 Å². The first-order valence-corrected chi connectivity index (χ1v) is 9.67. The van der Waals surface area contributed by atoms with Crippen molar-refractivity contribution < 1.29 is 19.1 Å². The Hall–Kier alpha value is -3.09. The molecule has 1 aromatic carbocycles. The van der Waals surface area contributed by atoms with Crippen LogP contribution < -0.4 is 14.8 Å². The Morgan fingerprint density at radius 1 is 0.929 bits per heavy atom. The molecule has 1 N–H and O–H groups in total. The highest BCUT2D eigenvalue weighted by Gasteiger charge is 2.20. The Labute approximate surface area is 163 Å². The fraction of sp³-hybridized carbons (Fsp3) is 0.381. The lowest BCUT2D eigenvalue weighted by Gasteiger charge is -2.20. The van der Waals surface area contributed by atoms with Crippen LogP contribution in [-0.2, 0) is 0 Å². The molecule has 0 aliphatic carbocycles. The number of ether oxygens (including phenoxy) is 2. The lowest BCUT2D eigenvalue weighted by Crippen LogP contribution is -2.32. The lowest BCUT2D eigenvalue weighted by molar-refractivity contribution is 0.0755. The van der Waals surface area contributed by atoms with Crippen LogP contribution in [0, 0.1) is 0 Å². The van der Waals surface area contributed by atoms with Crippen molar-refractivity contribution in [2.24, 2.45) is 0 Å². The molecule has 4 rings (SSSR count). The quantitative estimate of drug-likeness (QED) is 0.884. The van der Waals surface area contributed by atoms with E-state index in [4.69, 9.17) is 9.47 Å². The Kier molecular flexibility index (Phi) is 5.41. The molecule has 146 valence electrons. The molecule has 2 aliphatic rings. The summed E-state index contributed by atoms with van der Waals surface area (Å²) in [6, 6.07) is 8.42. The van der Waals surface area contributed by atoms with Gasteiger partial charge in [0.1, 0.15) is 18.9 Å². The SMILES string of the molecule is O=C(Nc1ccc2c(c1)OCCO2)c1ccnc(C(=O)N2CCCCCC2)c1. The Bertz CT molecular complexity index is 876. The normalized spacial score (nSPS) is 16.2. The number of hydrogen-bond acceptors (Lipinski definition) is 5. The number of benzene rings is 1. The number of fused-ring (bicyclic) bond motifs is 1. The molecule has 0 spiro atoms. The smallest absolute Gasteiger partial charge is 0.272 e. The Balaban J connectivity index is 1.47. The number of hydrogen-bond donors (Lipinski definition) is 1. The maximum Gasteiger partial charge on any atom is 0.272 e. The molecule has 2 aliphatic heterocycles. The molecule has 2 amide bonds. The summed E-state index contributed by atoms with van der Waals surface area (Å²) >= 11 is 0. The van der Waals surface area contributed by atoms with Gasteiger partial charge in [0.25, 0.3) is 11.8 Å². The van der Waals surface area contributed by atoms with Gasteiger partial charge in [-0.1, -0.05) is 12.8 Å². The van der Waals surface area contributed by atoms with E-state index >= 15 is 0 Å².